The number of nitriles is 1. The van der Waals surface area contributed by atoms with Crippen molar-refractivity contribution in [1.29, 1.82) is 5.26 Å². The van der Waals surface area contributed by atoms with Gasteiger partial charge in [-0.3, -0.25) is 14.3 Å². The Hall–Kier alpha value is -4.85. The van der Waals surface area contributed by atoms with Crippen LogP contribution in [0.25, 0.3) is 11.2 Å². The van der Waals surface area contributed by atoms with E-state index >= 15 is 0 Å². The first kappa shape index (κ1) is 44.2. The highest BCUT2D eigenvalue weighted by atomic mass is 32.2. The molecule has 0 spiro atoms. The van der Waals surface area contributed by atoms with Crippen LogP contribution in [-0.4, -0.2) is 113 Å². The van der Waals surface area contributed by atoms with Gasteiger partial charge in [-0.1, -0.05) is 54.6 Å². The summed E-state index contributed by atoms with van der Waals surface area (Å²) >= 11 is 1.72. The maximum absolute atomic E-state index is 13.3. The normalized spacial score (nSPS) is 20.6. The largest absolute Gasteiger partial charge is 0.497 e. The molecule has 322 valence electrons. The van der Waals surface area contributed by atoms with Crippen LogP contribution in [0.4, 0.5) is 5.95 Å². The van der Waals surface area contributed by atoms with E-state index in [4.69, 9.17) is 33.0 Å². The number of aromatic nitrogens is 4. The summed E-state index contributed by atoms with van der Waals surface area (Å²) < 4.78 is 42.1. The molecule has 1 N–H and O–H groups in total. The molecule has 0 saturated carbocycles. The Bertz CT molecular complexity index is 2320. The zero-order valence-electron chi connectivity index (χ0n) is 35.7. The summed E-state index contributed by atoms with van der Waals surface area (Å²) in [6.07, 6.45) is 1.21. The van der Waals surface area contributed by atoms with Gasteiger partial charge in [0.25, 0.3) is 14.1 Å². The molecule has 3 aromatic carbocycles. The SMILES string of the molecule is COc1ccc(C(SCC23COC(C(n4cnc5c(=O)[nH]c(/N=C/N(C)C)nc54)O2)C3OP(OCCC#N)N(C(C)C)C(C)C)(c2ccccc2)c2ccc(OC)cc2)cc1. The van der Waals surface area contributed by atoms with E-state index in [1.807, 2.05) is 56.6 Å². The van der Waals surface area contributed by atoms with Crippen LogP contribution < -0.4 is 15.0 Å². The number of hydrogen-bond donors (Lipinski definition) is 1. The van der Waals surface area contributed by atoms with Gasteiger partial charge in [0.05, 0.1) is 57.3 Å². The van der Waals surface area contributed by atoms with E-state index in [0.717, 1.165) is 28.2 Å². The molecule has 0 radical (unpaired) electrons. The topological polar surface area (TPSA) is 162 Å². The van der Waals surface area contributed by atoms with Crippen molar-refractivity contribution in [1.82, 2.24) is 29.1 Å². The quantitative estimate of drug-likeness (QED) is 0.0288. The Morgan fingerprint density at radius 1 is 1.02 bits per heavy atom. The van der Waals surface area contributed by atoms with Crippen molar-refractivity contribution >= 4 is 43.7 Å². The standard InChI is InChI=1S/C44H53N8O7PS/c1-29(2)52(30(3)4)60(57-24-12-23-45)59-38-37-41(51-28-46-36-39(51)48-42(49-40(36)53)47-27-50(5)6)58-43(38,25-56-37)26-61-44(31-13-10-9-11-14-31,32-15-19-34(54-7)20-16-32)33-17-21-35(55-8)22-18-33/h9-11,13-22,27-30,37-38,41H,12,24-26H2,1-8H3,(H,48,49,53)/b47-27+. The van der Waals surface area contributed by atoms with Gasteiger partial charge >= 0.3 is 0 Å². The van der Waals surface area contributed by atoms with Gasteiger partial charge in [-0.15, -0.1) is 11.8 Å². The minimum absolute atomic E-state index is 0.0562. The van der Waals surface area contributed by atoms with Crippen LogP contribution in [0.5, 0.6) is 11.5 Å². The number of imidazole rings is 1. The van der Waals surface area contributed by atoms with Crippen LogP contribution in [0.15, 0.2) is 95.0 Å². The summed E-state index contributed by atoms with van der Waals surface area (Å²) in [6.45, 7) is 8.83. The molecule has 7 rings (SSSR count). The first-order chi connectivity index (χ1) is 29.4. The maximum Gasteiger partial charge on any atom is 0.280 e. The molecule has 2 aliphatic heterocycles. The number of methoxy groups -OCH3 is 2. The minimum Gasteiger partial charge on any atom is -0.497 e. The van der Waals surface area contributed by atoms with Crippen LogP contribution in [0, 0.1) is 11.3 Å². The molecule has 5 aromatic rings. The fourth-order valence-corrected chi connectivity index (χ4v) is 11.4. The van der Waals surface area contributed by atoms with Gasteiger partial charge in [0.2, 0.25) is 5.95 Å². The zero-order valence-corrected chi connectivity index (χ0v) is 37.4. The van der Waals surface area contributed by atoms with E-state index in [0.29, 0.717) is 11.4 Å². The molecule has 0 amide bonds. The number of benzene rings is 3. The lowest BCUT2D eigenvalue weighted by Gasteiger charge is -2.41. The average molecular weight is 869 g/mol. The molecule has 17 heteroatoms. The highest BCUT2D eigenvalue weighted by molar-refractivity contribution is 8.00. The number of H-pyrrole nitrogens is 1. The minimum atomic E-state index is -1.72. The number of ether oxygens (including phenoxy) is 4. The number of aromatic amines is 1. The number of rotatable bonds is 19. The average Bonchev–Trinajstić information content (AvgIpc) is 3.93. The van der Waals surface area contributed by atoms with E-state index in [1.165, 1.54) is 0 Å². The predicted molar refractivity (Wildman–Crippen MR) is 237 cm³/mol. The van der Waals surface area contributed by atoms with Crippen molar-refractivity contribution in [2.24, 2.45) is 4.99 Å². The van der Waals surface area contributed by atoms with Crippen molar-refractivity contribution in [3.05, 3.63) is 112 Å². The first-order valence-electron chi connectivity index (χ1n) is 20.1. The second-order valence-electron chi connectivity index (χ2n) is 15.6. The maximum atomic E-state index is 13.3. The monoisotopic (exact) mass is 868 g/mol. The molecule has 0 aliphatic carbocycles. The van der Waals surface area contributed by atoms with Crippen LogP contribution in [-0.2, 0) is 23.3 Å². The van der Waals surface area contributed by atoms with E-state index < -0.39 is 42.9 Å². The third-order valence-electron chi connectivity index (χ3n) is 10.7. The molecule has 2 bridgehead atoms. The summed E-state index contributed by atoms with van der Waals surface area (Å²) in [7, 11) is 5.26. The first-order valence-corrected chi connectivity index (χ1v) is 22.3. The molecule has 2 aromatic heterocycles. The van der Waals surface area contributed by atoms with Gasteiger partial charge in [0.15, 0.2) is 17.4 Å². The molecule has 2 aliphatic rings. The van der Waals surface area contributed by atoms with Gasteiger partial charge in [-0.25, -0.2) is 14.6 Å². The Labute approximate surface area is 362 Å². The second kappa shape index (κ2) is 19.0. The highest BCUT2D eigenvalue weighted by Gasteiger charge is 2.65. The number of fused-ring (bicyclic) bond motifs is 3. The van der Waals surface area contributed by atoms with Gasteiger partial charge in [0, 0.05) is 31.9 Å². The number of nitrogens with one attached hydrogen (secondary N) is 1. The smallest absolute Gasteiger partial charge is 0.280 e. The lowest BCUT2D eigenvalue weighted by Crippen LogP contribution is -2.46. The Morgan fingerprint density at radius 2 is 1.64 bits per heavy atom. The zero-order chi connectivity index (χ0) is 43.3. The molecule has 61 heavy (non-hydrogen) atoms. The van der Waals surface area contributed by atoms with Crippen LogP contribution in [0.1, 0.15) is 57.0 Å². The Kier molecular flexibility index (Phi) is 13.8. The number of thioether (sulfide) groups is 1. The van der Waals surface area contributed by atoms with Gasteiger partial charge in [0.1, 0.15) is 29.3 Å². The summed E-state index contributed by atoms with van der Waals surface area (Å²) in [6, 6.07) is 29.0. The van der Waals surface area contributed by atoms with Crippen LogP contribution in [0.2, 0.25) is 0 Å². The van der Waals surface area contributed by atoms with E-state index in [-0.39, 0.29) is 43.2 Å². The molecule has 4 heterocycles. The second-order valence-corrected chi connectivity index (χ2v) is 18.2. The fourth-order valence-electron chi connectivity index (χ4n) is 7.90. The van der Waals surface area contributed by atoms with Crippen molar-refractivity contribution in [3.8, 4) is 17.6 Å². The van der Waals surface area contributed by atoms with Crippen LogP contribution in [0.3, 0.4) is 0 Å². The summed E-state index contributed by atoms with van der Waals surface area (Å²) in [5.41, 5.74) is 2.06. The summed E-state index contributed by atoms with van der Waals surface area (Å²) in [5, 5.41) is 9.48. The third kappa shape index (κ3) is 8.92. The van der Waals surface area contributed by atoms with E-state index in [9.17, 15) is 10.1 Å². The molecule has 2 saturated heterocycles. The lowest BCUT2D eigenvalue weighted by molar-refractivity contribution is -0.162. The third-order valence-corrected chi connectivity index (χ3v) is 14.5. The van der Waals surface area contributed by atoms with Gasteiger partial charge < -0.3 is 32.9 Å². The van der Waals surface area contributed by atoms with Crippen molar-refractivity contribution in [3.63, 3.8) is 0 Å². The molecule has 5 atom stereocenters. The lowest BCUT2D eigenvalue weighted by atomic mass is 9.84. The summed E-state index contributed by atoms with van der Waals surface area (Å²) in [5.74, 6) is 2.00. The Balaban J connectivity index is 1.37. The van der Waals surface area contributed by atoms with Crippen LogP contribution >= 0.6 is 20.3 Å². The molecular weight excluding hydrogens is 816 g/mol. The van der Waals surface area contributed by atoms with Crippen molar-refractivity contribution < 1.29 is 28.0 Å². The van der Waals surface area contributed by atoms with Crippen molar-refractivity contribution in [2.75, 3.05) is 47.3 Å². The fraction of sp³-hybridized carbons (Fsp3) is 0.432. The van der Waals surface area contributed by atoms with Crippen molar-refractivity contribution in [2.45, 2.75) is 75.0 Å². The van der Waals surface area contributed by atoms with E-state index in [1.54, 1.807) is 48.1 Å². The van der Waals surface area contributed by atoms with E-state index in [2.05, 4.69) is 89.8 Å². The number of aliphatic imine (C=N–C) groups is 1. The Morgan fingerprint density at radius 3 is 2.21 bits per heavy atom. The van der Waals surface area contributed by atoms with Gasteiger partial charge in [-0.2, -0.15) is 10.2 Å². The molecule has 15 nitrogen and oxygen atoms in total. The molecule has 5 unspecified atom stereocenters. The number of hydrogen-bond acceptors (Lipinski definition) is 13. The summed E-state index contributed by atoms with van der Waals surface area (Å²) in [4.78, 5) is 31.3. The predicted octanol–water partition coefficient (Wildman–Crippen LogP) is 7.41. The molecular formula is C44H53N8O7PS. The molecule has 2 fully saturated rings. The number of nitrogens with zero attached hydrogens (tertiary/aromatic N) is 7. The highest BCUT2D eigenvalue weighted by Crippen LogP contribution is 2.58. The van der Waals surface area contributed by atoms with Gasteiger partial charge in [-0.05, 0) is 68.7 Å².